The highest BCUT2D eigenvalue weighted by Crippen LogP contribution is 2.23. The molecule has 152 valence electrons. The van der Waals surface area contributed by atoms with Gasteiger partial charge in [0.25, 0.3) is 0 Å². The summed E-state index contributed by atoms with van der Waals surface area (Å²) in [5.74, 6) is 7.20. The number of methoxy groups -OCH3 is 1. The zero-order valence-electron chi connectivity index (χ0n) is 15.4. The molecule has 0 fully saturated rings. The number of halogens is 2. The van der Waals surface area contributed by atoms with Crippen LogP contribution in [0.25, 0.3) is 0 Å². The lowest BCUT2D eigenvalue weighted by atomic mass is 10.3. The van der Waals surface area contributed by atoms with Gasteiger partial charge in [-0.15, -0.1) is 10.2 Å². The number of anilines is 2. The maximum atomic E-state index is 12.2. The van der Waals surface area contributed by atoms with Crippen molar-refractivity contribution in [3.8, 4) is 5.75 Å². The number of carbonyl (C=O) groups excluding carboxylic acids is 1. The maximum Gasteiger partial charge on any atom is 0.234 e. The van der Waals surface area contributed by atoms with Crippen LogP contribution in [0.15, 0.2) is 47.6 Å². The van der Waals surface area contributed by atoms with Crippen LogP contribution in [-0.4, -0.2) is 33.6 Å². The van der Waals surface area contributed by atoms with Gasteiger partial charge in [0.2, 0.25) is 11.1 Å². The molecule has 1 heterocycles. The number of hydrogen-bond donors (Lipinski definition) is 3. The number of nitrogen functional groups attached to an aromatic ring is 1. The van der Waals surface area contributed by atoms with E-state index in [0.29, 0.717) is 33.3 Å². The van der Waals surface area contributed by atoms with E-state index in [4.69, 9.17) is 33.8 Å². The van der Waals surface area contributed by atoms with Gasteiger partial charge in [0, 0.05) is 21.4 Å². The zero-order valence-corrected chi connectivity index (χ0v) is 17.7. The van der Waals surface area contributed by atoms with Crippen LogP contribution < -0.4 is 21.2 Å². The van der Waals surface area contributed by atoms with Gasteiger partial charge in [0.1, 0.15) is 5.75 Å². The summed E-state index contributed by atoms with van der Waals surface area (Å²) in [6.07, 6.45) is 0. The highest BCUT2D eigenvalue weighted by molar-refractivity contribution is 7.99. The Morgan fingerprint density at radius 2 is 1.83 bits per heavy atom. The van der Waals surface area contributed by atoms with Crippen molar-refractivity contribution >= 4 is 52.2 Å². The van der Waals surface area contributed by atoms with E-state index in [0.717, 1.165) is 11.4 Å². The highest BCUT2D eigenvalue weighted by atomic mass is 35.5. The molecule has 0 radical (unpaired) electrons. The monoisotopic (exact) mass is 452 g/mol. The first-order valence-electron chi connectivity index (χ1n) is 8.40. The van der Waals surface area contributed by atoms with Gasteiger partial charge < -0.3 is 21.2 Å². The van der Waals surface area contributed by atoms with Crippen LogP contribution in [0.1, 0.15) is 5.82 Å². The molecular weight excluding hydrogens is 435 g/mol. The first-order valence-corrected chi connectivity index (χ1v) is 10.1. The fourth-order valence-corrected chi connectivity index (χ4v) is 3.57. The summed E-state index contributed by atoms with van der Waals surface area (Å²) in [5.41, 5.74) is 1.41. The third kappa shape index (κ3) is 5.93. The van der Waals surface area contributed by atoms with E-state index in [1.54, 1.807) is 25.3 Å². The Bertz CT molecular complexity index is 976. The zero-order chi connectivity index (χ0) is 20.8. The first kappa shape index (κ1) is 21.1. The van der Waals surface area contributed by atoms with Gasteiger partial charge in [-0.2, -0.15) is 0 Å². The summed E-state index contributed by atoms with van der Waals surface area (Å²) in [6, 6.07) is 12.3. The average Bonchev–Trinajstić information content (AvgIpc) is 3.04. The third-order valence-electron chi connectivity index (χ3n) is 3.75. The van der Waals surface area contributed by atoms with E-state index < -0.39 is 0 Å². The molecular formula is C18H18Cl2N6O2S. The van der Waals surface area contributed by atoms with Crippen LogP contribution >= 0.6 is 35.0 Å². The lowest BCUT2D eigenvalue weighted by Gasteiger charge is -2.08. The van der Waals surface area contributed by atoms with Crippen molar-refractivity contribution in [3.63, 3.8) is 0 Å². The Labute approximate surface area is 181 Å². The van der Waals surface area contributed by atoms with E-state index >= 15 is 0 Å². The third-order valence-corrected chi connectivity index (χ3v) is 5.13. The second-order valence-corrected chi connectivity index (χ2v) is 7.66. The number of benzene rings is 2. The van der Waals surface area contributed by atoms with Crippen LogP contribution in [0.3, 0.4) is 0 Å². The largest absolute Gasteiger partial charge is 0.497 e. The van der Waals surface area contributed by atoms with E-state index in [1.807, 2.05) is 24.3 Å². The van der Waals surface area contributed by atoms with Crippen molar-refractivity contribution in [1.82, 2.24) is 14.9 Å². The second kappa shape index (κ2) is 9.73. The molecule has 1 amide bonds. The van der Waals surface area contributed by atoms with E-state index in [2.05, 4.69) is 20.8 Å². The molecule has 0 aliphatic carbocycles. The predicted octanol–water partition coefficient (Wildman–Crippen LogP) is 3.65. The summed E-state index contributed by atoms with van der Waals surface area (Å²) in [7, 11) is 1.61. The predicted molar refractivity (Wildman–Crippen MR) is 116 cm³/mol. The number of thioether (sulfide) groups is 1. The first-order chi connectivity index (χ1) is 13.9. The SMILES string of the molecule is COc1ccc(NCc2nnc(SCC(=O)Nc3cc(Cl)cc(Cl)c3)n2N)cc1. The number of carbonyl (C=O) groups is 1. The van der Waals surface area contributed by atoms with Crippen molar-refractivity contribution < 1.29 is 9.53 Å². The number of aromatic nitrogens is 3. The quantitative estimate of drug-likeness (QED) is 0.353. The molecule has 8 nitrogen and oxygen atoms in total. The van der Waals surface area contributed by atoms with Gasteiger partial charge in [-0.05, 0) is 42.5 Å². The van der Waals surface area contributed by atoms with Crippen molar-refractivity contribution in [3.05, 3.63) is 58.3 Å². The molecule has 29 heavy (non-hydrogen) atoms. The van der Waals surface area contributed by atoms with Crippen molar-refractivity contribution in [2.75, 3.05) is 29.3 Å². The maximum absolute atomic E-state index is 12.2. The Kier molecular flexibility index (Phi) is 7.08. The molecule has 1 aromatic heterocycles. The van der Waals surface area contributed by atoms with Gasteiger partial charge >= 0.3 is 0 Å². The molecule has 11 heteroatoms. The van der Waals surface area contributed by atoms with E-state index in [-0.39, 0.29) is 11.7 Å². The standard InChI is InChI=1S/C18H18Cl2N6O2S/c1-28-15-4-2-13(3-5-15)22-9-16-24-25-18(26(16)21)29-10-17(27)23-14-7-11(19)6-12(20)8-14/h2-8,22H,9-10,21H2,1H3,(H,23,27). The molecule has 0 saturated heterocycles. The molecule has 0 aliphatic rings. The normalized spacial score (nSPS) is 10.6. The summed E-state index contributed by atoms with van der Waals surface area (Å²) < 4.78 is 6.48. The average molecular weight is 453 g/mol. The summed E-state index contributed by atoms with van der Waals surface area (Å²) >= 11 is 13.0. The van der Waals surface area contributed by atoms with Crippen LogP contribution in [0, 0.1) is 0 Å². The Morgan fingerprint density at radius 3 is 2.48 bits per heavy atom. The topological polar surface area (TPSA) is 107 Å². The fourth-order valence-electron chi connectivity index (χ4n) is 2.37. The minimum Gasteiger partial charge on any atom is -0.497 e. The van der Waals surface area contributed by atoms with Crippen LogP contribution in [0.4, 0.5) is 11.4 Å². The lowest BCUT2D eigenvalue weighted by Crippen LogP contribution is -2.18. The fraction of sp³-hybridized carbons (Fsp3) is 0.167. The molecule has 3 rings (SSSR count). The molecule has 0 unspecified atom stereocenters. The lowest BCUT2D eigenvalue weighted by molar-refractivity contribution is -0.113. The summed E-state index contributed by atoms with van der Waals surface area (Å²) in [4.78, 5) is 12.2. The van der Waals surface area contributed by atoms with Gasteiger partial charge in [-0.1, -0.05) is 35.0 Å². The number of ether oxygens (including phenoxy) is 1. The van der Waals surface area contributed by atoms with E-state index in [9.17, 15) is 4.79 Å². The Balaban J connectivity index is 1.52. The molecule has 0 aliphatic heterocycles. The minimum absolute atomic E-state index is 0.103. The smallest absolute Gasteiger partial charge is 0.234 e. The molecule has 0 spiro atoms. The molecule has 4 N–H and O–H groups in total. The summed E-state index contributed by atoms with van der Waals surface area (Å²) in [5, 5.41) is 15.3. The highest BCUT2D eigenvalue weighted by Gasteiger charge is 2.13. The number of nitrogens with zero attached hydrogens (tertiary/aromatic N) is 3. The van der Waals surface area contributed by atoms with Crippen LogP contribution in [-0.2, 0) is 11.3 Å². The molecule has 2 aromatic carbocycles. The minimum atomic E-state index is -0.241. The van der Waals surface area contributed by atoms with Crippen molar-refractivity contribution in [2.45, 2.75) is 11.7 Å². The van der Waals surface area contributed by atoms with Gasteiger partial charge in [0.15, 0.2) is 5.82 Å². The van der Waals surface area contributed by atoms with E-state index in [1.165, 1.54) is 16.4 Å². The van der Waals surface area contributed by atoms with Gasteiger partial charge in [-0.3, -0.25) is 4.79 Å². The Hall–Kier alpha value is -2.62. The second-order valence-electron chi connectivity index (χ2n) is 5.85. The molecule has 0 bridgehead atoms. The number of amides is 1. The van der Waals surface area contributed by atoms with Crippen molar-refractivity contribution in [1.29, 1.82) is 0 Å². The molecule has 0 atom stereocenters. The van der Waals surface area contributed by atoms with Gasteiger partial charge in [-0.25, -0.2) is 4.68 Å². The number of nitrogens with two attached hydrogens (primary N) is 1. The molecule has 3 aromatic rings. The summed E-state index contributed by atoms with van der Waals surface area (Å²) in [6.45, 7) is 0.379. The number of rotatable bonds is 8. The van der Waals surface area contributed by atoms with Crippen LogP contribution in [0.2, 0.25) is 10.0 Å². The van der Waals surface area contributed by atoms with Gasteiger partial charge in [0.05, 0.1) is 19.4 Å². The molecule has 0 saturated carbocycles. The number of nitrogens with one attached hydrogen (secondary N) is 2. The Morgan fingerprint density at radius 1 is 1.14 bits per heavy atom. The number of hydrogen-bond acceptors (Lipinski definition) is 7. The van der Waals surface area contributed by atoms with Crippen LogP contribution in [0.5, 0.6) is 5.75 Å². The van der Waals surface area contributed by atoms with Crippen molar-refractivity contribution in [2.24, 2.45) is 0 Å².